The van der Waals surface area contributed by atoms with Gasteiger partial charge in [0, 0.05) is 18.2 Å². The lowest BCUT2D eigenvalue weighted by molar-refractivity contribution is 0.415. The van der Waals surface area contributed by atoms with Crippen molar-refractivity contribution >= 4 is 0 Å². The van der Waals surface area contributed by atoms with Crippen LogP contribution in [0.2, 0.25) is 0 Å². The van der Waals surface area contributed by atoms with E-state index in [4.69, 9.17) is 0 Å². The number of nitrogens with one attached hydrogen (secondary N) is 1. The maximum Gasteiger partial charge on any atom is 0.165 e. The second-order valence-corrected chi connectivity index (χ2v) is 5.35. The van der Waals surface area contributed by atoms with Crippen molar-refractivity contribution in [2.24, 2.45) is 5.92 Å². The van der Waals surface area contributed by atoms with Crippen molar-refractivity contribution in [2.45, 2.75) is 52.6 Å². The molecular weight excluding hydrogens is 229 g/mol. The van der Waals surface area contributed by atoms with E-state index in [1.54, 1.807) is 12.1 Å². The Kier molecular flexibility index (Phi) is 6.13. The topological polar surface area (TPSA) is 32.3 Å². The van der Waals surface area contributed by atoms with E-state index in [0.717, 1.165) is 12.3 Å². The predicted octanol–water partition coefficient (Wildman–Crippen LogP) is 3.84. The number of aromatic hydroxyl groups is 1. The van der Waals surface area contributed by atoms with Gasteiger partial charge in [-0.05, 0) is 25.3 Å². The quantitative estimate of drug-likeness (QED) is 0.774. The minimum atomic E-state index is -0.554. The maximum atomic E-state index is 13.1. The van der Waals surface area contributed by atoms with Crippen LogP contribution in [0.25, 0.3) is 0 Å². The van der Waals surface area contributed by atoms with Gasteiger partial charge in [0.25, 0.3) is 0 Å². The summed E-state index contributed by atoms with van der Waals surface area (Å²) < 4.78 is 13.1. The summed E-state index contributed by atoms with van der Waals surface area (Å²) in [6, 6.07) is 5.01. The summed E-state index contributed by atoms with van der Waals surface area (Å²) in [6.07, 6.45) is 3.53. The van der Waals surface area contributed by atoms with Crippen molar-refractivity contribution in [3.05, 3.63) is 29.6 Å². The van der Waals surface area contributed by atoms with Gasteiger partial charge in [-0.1, -0.05) is 38.8 Å². The van der Waals surface area contributed by atoms with Crippen molar-refractivity contribution in [3.63, 3.8) is 0 Å². The molecular formula is C15H24FNO. The van der Waals surface area contributed by atoms with Crippen LogP contribution in [0.15, 0.2) is 18.2 Å². The first-order chi connectivity index (χ1) is 8.50. The van der Waals surface area contributed by atoms with Crippen molar-refractivity contribution < 1.29 is 9.50 Å². The lowest BCUT2D eigenvalue weighted by Crippen LogP contribution is -2.25. The van der Waals surface area contributed by atoms with Crippen LogP contribution in [0.5, 0.6) is 5.75 Å². The SMILES string of the molecule is CC(C)CCCC(C)NCc1cccc(F)c1O. The van der Waals surface area contributed by atoms with Crippen LogP contribution < -0.4 is 5.32 Å². The van der Waals surface area contributed by atoms with Gasteiger partial charge < -0.3 is 10.4 Å². The molecule has 0 bridgehead atoms. The van der Waals surface area contributed by atoms with Crippen LogP contribution in [0, 0.1) is 11.7 Å². The lowest BCUT2D eigenvalue weighted by atomic mass is 10.0. The normalized spacial score (nSPS) is 12.9. The molecule has 0 heterocycles. The van der Waals surface area contributed by atoms with Gasteiger partial charge in [0.2, 0.25) is 0 Å². The molecule has 0 amide bonds. The molecule has 0 spiro atoms. The Morgan fingerprint density at radius 2 is 1.94 bits per heavy atom. The Hall–Kier alpha value is -1.09. The average molecular weight is 253 g/mol. The first-order valence-electron chi connectivity index (χ1n) is 6.70. The highest BCUT2D eigenvalue weighted by atomic mass is 19.1. The van der Waals surface area contributed by atoms with Crippen molar-refractivity contribution in [1.82, 2.24) is 5.32 Å². The zero-order chi connectivity index (χ0) is 13.5. The Labute approximate surface area is 109 Å². The van der Waals surface area contributed by atoms with E-state index in [1.807, 2.05) is 0 Å². The largest absolute Gasteiger partial charge is 0.505 e. The number of para-hydroxylation sites is 1. The van der Waals surface area contributed by atoms with Gasteiger partial charge in [-0.2, -0.15) is 0 Å². The number of phenolic OH excluding ortho intramolecular Hbond substituents is 1. The minimum Gasteiger partial charge on any atom is -0.505 e. The molecule has 18 heavy (non-hydrogen) atoms. The van der Waals surface area contributed by atoms with E-state index in [1.165, 1.54) is 18.9 Å². The van der Waals surface area contributed by atoms with Gasteiger partial charge in [-0.25, -0.2) is 4.39 Å². The van der Waals surface area contributed by atoms with Gasteiger partial charge in [0.05, 0.1) is 0 Å². The lowest BCUT2D eigenvalue weighted by Gasteiger charge is -2.15. The molecule has 1 atom stereocenters. The predicted molar refractivity (Wildman–Crippen MR) is 73.1 cm³/mol. The van der Waals surface area contributed by atoms with Crippen molar-refractivity contribution in [2.75, 3.05) is 0 Å². The maximum absolute atomic E-state index is 13.1. The summed E-state index contributed by atoms with van der Waals surface area (Å²) in [7, 11) is 0. The first kappa shape index (κ1) is 15.0. The van der Waals surface area contributed by atoms with Gasteiger partial charge in [0.15, 0.2) is 11.6 Å². The first-order valence-corrected chi connectivity index (χ1v) is 6.70. The molecule has 1 aromatic rings. The van der Waals surface area contributed by atoms with Crippen molar-refractivity contribution in [3.8, 4) is 5.75 Å². The van der Waals surface area contributed by atoms with Gasteiger partial charge in [-0.3, -0.25) is 0 Å². The smallest absolute Gasteiger partial charge is 0.165 e. The number of halogens is 1. The van der Waals surface area contributed by atoms with E-state index in [2.05, 4.69) is 26.1 Å². The molecule has 2 N–H and O–H groups in total. The molecule has 0 saturated carbocycles. The van der Waals surface area contributed by atoms with E-state index in [0.29, 0.717) is 18.2 Å². The van der Waals surface area contributed by atoms with Gasteiger partial charge >= 0.3 is 0 Å². The zero-order valence-electron chi connectivity index (χ0n) is 11.5. The molecule has 0 radical (unpaired) electrons. The highest BCUT2D eigenvalue weighted by molar-refractivity contribution is 5.33. The molecule has 0 aliphatic rings. The number of hydrogen-bond acceptors (Lipinski definition) is 2. The van der Waals surface area contributed by atoms with Crippen LogP contribution in [-0.4, -0.2) is 11.1 Å². The fourth-order valence-electron chi connectivity index (χ4n) is 1.92. The summed E-state index contributed by atoms with van der Waals surface area (Å²) in [5.41, 5.74) is 0.616. The van der Waals surface area contributed by atoms with Crippen LogP contribution >= 0.6 is 0 Å². The number of rotatable bonds is 7. The molecule has 1 aromatic carbocycles. The van der Waals surface area contributed by atoms with Crippen molar-refractivity contribution in [1.29, 1.82) is 0 Å². The fourth-order valence-corrected chi connectivity index (χ4v) is 1.92. The standard InChI is InChI=1S/C15H24FNO/c1-11(2)6-4-7-12(3)17-10-13-8-5-9-14(16)15(13)18/h5,8-9,11-12,17-18H,4,6-7,10H2,1-3H3. The molecule has 0 fully saturated rings. The van der Waals surface area contributed by atoms with E-state index in [9.17, 15) is 9.50 Å². The number of benzene rings is 1. The van der Waals surface area contributed by atoms with Gasteiger partial charge in [0.1, 0.15) is 0 Å². The third-order valence-electron chi connectivity index (χ3n) is 3.13. The number of hydrogen-bond donors (Lipinski definition) is 2. The Bertz CT molecular complexity index is 366. The fraction of sp³-hybridized carbons (Fsp3) is 0.600. The molecule has 0 saturated heterocycles. The molecule has 0 aromatic heterocycles. The summed E-state index contributed by atoms with van der Waals surface area (Å²) in [5.74, 6) is -0.0504. The van der Waals surface area contributed by atoms with Crippen LogP contribution in [0.3, 0.4) is 0 Å². The Morgan fingerprint density at radius 1 is 1.22 bits per heavy atom. The highest BCUT2D eigenvalue weighted by Gasteiger charge is 2.08. The minimum absolute atomic E-state index is 0.237. The Morgan fingerprint density at radius 3 is 2.61 bits per heavy atom. The summed E-state index contributed by atoms with van der Waals surface area (Å²) in [6.45, 7) is 7.08. The monoisotopic (exact) mass is 253 g/mol. The summed E-state index contributed by atoms with van der Waals surface area (Å²) in [5, 5.41) is 12.9. The second-order valence-electron chi connectivity index (χ2n) is 5.35. The average Bonchev–Trinajstić information content (AvgIpc) is 2.30. The van der Waals surface area contributed by atoms with E-state index >= 15 is 0 Å². The third-order valence-corrected chi connectivity index (χ3v) is 3.13. The molecule has 3 heteroatoms. The molecule has 1 rings (SSSR count). The second kappa shape index (κ2) is 7.37. The van der Waals surface area contributed by atoms with Gasteiger partial charge in [-0.15, -0.1) is 0 Å². The molecule has 1 unspecified atom stereocenters. The van der Waals surface area contributed by atoms with Crippen LogP contribution in [-0.2, 0) is 6.54 Å². The third kappa shape index (κ3) is 5.05. The zero-order valence-corrected chi connectivity index (χ0v) is 11.5. The molecule has 102 valence electrons. The van der Waals surface area contributed by atoms with E-state index in [-0.39, 0.29) is 5.75 Å². The molecule has 0 aliphatic carbocycles. The molecule has 0 aliphatic heterocycles. The van der Waals surface area contributed by atoms with Crippen LogP contribution in [0.1, 0.15) is 45.6 Å². The molecule has 2 nitrogen and oxygen atoms in total. The summed E-state index contributed by atoms with van der Waals surface area (Å²) in [4.78, 5) is 0. The van der Waals surface area contributed by atoms with E-state index < -0.39 is 5.82 Å². The van der Waals surface area contributed by atoms with Crippen LogP contribution in [0.4, 0.5) is 4.39 Å². The highest BCUT2D eigenvalue weighted by Crippen LogP contribution is 2.20. The number of phenols is 1. The Balaban J connectivity index is 2.33. The summed E-state index contributed by atoms with van der Waals surface area (Å²) >= 11 is 0.